The number of carbonyl (C=O) groups is 1. The van der Waals surface area contributed by atoms with Gasteiger partial charge in [-0.1, -0.05) is 18.9 Å². The molecule has 1 N–H and O–H groups in total. The highest BCUT2D eigenvalue weighted by molar-refractivity contribution is 9.10. The van der Waals surface area contributed by atoms with Crippen molar-refractivity contribution in [1.29, 1.82) is 0 Å². The zero-order valence-corrected chi connectivity index (χ0v) is 11.9. The molecule has 1 atom stereocenters. The molecule has 1 aliphatic carbocycles. The molecule has 0 heterocycles. The summed E-state index contributed by atoms with van der Waals surface area (Å²) in [4.78, 5) is 12.0. The minimum Gasteiger partial charge on any atom is -0.350 e. The van der Waals surface area contributed by atoms with Crippen LogP contribution in [-0.2, 0) is 0 Å². The molecular formula is C14H18BrNO. The maximum Gasteiger partial charge on any atom is 0.252 e. The van der Waals surface area contributed by atoms with Crippen molar-refractivity contribution >= 4 is 21.8 Å². The third-order valence-corrected chi connectivity index (χ3v) is 3.79. The number of benzene rings is 1. The van der Waals surface area contributed by atoms with Gasteiger partial charge in [0.05, 0.1) is 5.56 Å². The average molecular weight is 296 g/mol. The summed E-state index contributed by atoms with van der Waals surface area (Å²) in [7, 11) is 0. The van der Waals surface area contributed by atoms with Crippen LogP contribution in [0, 0.1) is 12.8 Å². The van der Waals surface area contributed by atoms with Gasteiger partial charge in [0.25, 0.3) is 5.91 Å². The SMILES string of the molecule is Cc1ccc(C(=O)NC(C)CC2CC2)c(Br)c1. The molecule has 2 rings (SSSR count). The zero-order valence-electron chi connectivity index (χ0n) is 10.3. The molecule has 0 spiro atoms. The molecule has 1 aromatic carbocycles. The van der Waals surface area contributed by atoms with Crippen LogP contribution in [-0.4, -0.2) is 11.9 Å². The highest BCUT2D eigenvalue weighted by Gasteiger charge is 2.24. The fourth-order valence-electron chi connectivity index (χ4n) is 2.02. The van der Waals surface area contributed by atoms with Crippen molar-refractivity contribution in [2.45, 2.75) is 39.2 Å². The van der Waals surface area contributed by atoms with Crippen molar-refractivity contribution in [2.75, 3.05) is 0 Å². The van der Waals surface area contributed by atoms with E-state index in [4.69, 9.17) is 0 Å². The van der Waals surface area contributed by atoms with Crippen LogP contribution in [0.3, 0.4) is 0 Å². The molecule has 1 unspecified atom stereocenters. The highest BCUT2D eigenvalue weighted by atomic mass is 79.9. The largest absolute Gasteiger partial charge is 0.350 e. The van der Waals surface area contributed by atoms with Crippen molar-refractivity contribution in [3.63, 3.8) is 0 Å². The first-order chi connectivity index (χ1) is 8.06. The Kier molecular flexibility index (Phi) is 3.87. The Morgan fingerprint density at radius 3 is 2.82 bits per heavy atom. The Bertz CT molecular complexity index is 426. The molecule has 17 heavy (non-hydrogen) atoms. The summed E-state index contributed by atoms with van der Waals surface area (Å²) in [5, 5.41) is 3.06. The molecule has 0 aliphatic heterocycles. The lowest BCUT2D eigenvalue weighted by atomic mass is 10.1. The molecule has 1 aliphatic rings. The van der Waals surface area contributed by atoms with Gasteiger partial charge < -0.3 is 5.32 Å². The molecule has 2 nitrogen and oxygen atoms in total. The smallest absolute Gasteiger partial charge is 0.252 e. The topological polar surface area (TPSA) is 29.1 Å². The summed E-state index contributed by atoms with van der Waals surface area (Å²) >= 11 is 3.44. The van der Waals surface area contributed by atoms with Crippen molar-refractivity contribution in [3.8, 4) is 0 Å². The highest BCUT2D eigenvalue weighted by Crippen LogP contribution is 2.33. The van der Waals surface area contributed by atoms with E-state index in [0.717, 1.165) is 27.9 Å². The lowest BCUT2D eigenvalue weighted by Crippen LogP contribution is -2.33. The zero-order chi connectivity index (χ0) is 12.4. The predicted molar refractivity (Wildman–Crippen MR) is 73.1 cm³/mol. The third-order valence-electron chi connectivity index (χ3n) is 3.13. The van der Waals surface area contributed by atoms with Gasteiger partial charge in [-0.15, -0.1) is 0 Å². The van der Waals surface area contributed by atoms with Crippen molar-refractivity contribution in [1.82, 2.24) is 5.32 Å². The molecule has 92 valence electrons. The minimum atomic E-state index is 0.0185. The van der Waals surface area contributed by atoms with E-state index in [0.29, 0.717) is 0 Å². The van der Waals surface area contributed by atoms with E-state index in [-0.39, 0.29) is 11.9 Å². The van der Waals surface area contributed by atoms with Gasteiger partial charge in [-0.25, -0.2) is 0 Å². The fraction of sp³-hybridized carbons (Fsp3) is 0.500. The number of aryl methyl sites for hydroxylation is 1. The lowest BCUT2D eigenvalue weighted by molar-refractivity contribution is 0.0936. The van der Waals surface area contributed by atoms with Gasteiger partial charge in [-0.05, 0) is 59.8 Å². The number of nitrogens with one attached hydrogen (secondary N) is 1. The van der Waals surface area contributed by atoms with E-state index in [1.807, 2.05) is 25.1 Å². The maximum atomic E-state index is 12.0. The Balaban J connectivity index is 1.98. The van der Waals surface area contributed by atoms with Crippen molar-refractivity contribution < 1.29 is 4.79 Å². The summed E-state index contributed by atoms with van der Waals surface area (Å²) in [6, 6.07) is 6.08. The predicted octanol–water partition coefficient (Wildman–Crippen LogP) is 3.68. The van der Waals surface area contributed by atoms with E-state index < -0.39 is 0 Å². The number of halogens is 1. The minimum absolute atomic E-state index is 0.0185. The summed E-state index contributed by atoms with van der Waals surface area (Å²) in [5.74, 6) is 0.858. The van der Waals surface area contributed by atoms with Crippen LogP contribution in [0.4, 0.5) is 0 Å². The van der Waals surface area contributed by atoms with Crippen LogP contribution in [0.25, 0.3) is 0 Å². The Morgan fingerprint density at radius 2 is 2.24 bits per heavy atom. The molecule has 0 saturated heterocycles. The normalized spacial score (nSPS) is 16.6. The van der Waals surface area contributed by atoms with Crippen LogP contribution in [0.1, 0.15) is 42.1 Å². The molecular weight excluding hydrogens is 278 g/mol. The summed E-state index contributed by atoms with van der Waals surface area (Å²) < 4.78 is 0.869. The van der Waals surface area contributed by atoms with Gasteiger partial charge in [-0.3, -0.25) is 4.79 Å². The Morgan fingerprint density at radius 1 is 1.53 bits per heavy atom. The molecule has 1 fully saturated rings. The monoisotopic (exact) mass is 295 g/mol. The van der Waals surface area contributed by atoms with Crippen LogP contribution in [0.5, 0.6) is 0 Å². The molecule has 3 heteroatoms. The van der Waals surface area contributed by atoms with Gasteiger partial charge in [0, 0.05) is 10.5 Å². The second-order valence-corrected chi connectivity index (χ2v) is 5.89. The molecule has 1 amide bonds. The maximum absolute atomic E-state index is 12.0. The first kappa shape index (κ1) is 12.6. The first-order valence-corrected chi connectivity index (χ1v) is 6.92. The number of hydrogen-bond acceptors (Lipinski definition) is 1. The van der Waals surface area contributed by atoms with Crippen LogP contribution in [0.2, 0.25) is 0 Å². The second kappa shape index (κ2) is 5.21. The van der Waals surface area contributed by atoms with Crippen LogP contribution in [0.15, 0.2) is 22.7 Å². The van der Waals surface area contributed by atoms with Gasteiger partial charge in [0.2, 0.25) is 0 Å². The number of amides is 1. The van der Waals surface area contributed by atoms with Gasteiger partial charge in [-0.2, -0.15) is 0 Å². The van der Waals surface area contributed by atoms with E-state index in [1.165, 1.54) is 12.8 Å². The standard InChI is InChI=1S/C14H18BrNO/c1-9-3-6-12(13(15)7-9)14(17)16-10(2)8-11-4-5-11/h3,6-7,10-11H,4-5,8H2,1-2H3,(H,16,17). The van der Waals surface area contributed by atoms with E-state index in [9.17, 15) is 4.79 Å². The van der Waals surface area contributed by atoms with E-state index >= 15 is 0 Å². The lowest BCUT2D eigenvalue weighted by Gasteiger charge is -2.14. The molecule has 0 bridgehead atoms. The number of hydrogen-bond donors (Lipinski definition) is 1. The summed E-state index contributed by atoms with van der Waals surface area (Å²) in [5.41, 5.74) is 1.87. The van der Waals surface area contributed by atoms with E-state index in [2.05, 4.69) is 28.2 Å². The van der Waals surface area contributed by atoms with Crippen molar-refractivity contribution in [2.24, 2.45) is 5.92 Å². The van der Waals surface area contributed by atoms with Gasteiger partial charge in [0.1, 0.15) is 0 Å². The van der Waals surface area contributed by atoms with Crippen LogP contribution >= 0.6 is 15.9 Å². The number of rotatable bonds is 4. The molecule has 1 aromatic rings. The fourth-order valence-corrected chi connectivity index (χ4v) is 2.69. The average Bonchev–Trinajstić information content (AvgIpc) is 3.00. The van der Waals surface area contributed by atoms with Gasteiger partial charge >= 0.3 is 0 Å². The van der Waals surface area contributed by atoms with Gasteiger partial charge in [0.15, 0.2) is 0 Å². The first-order valence-electron chi connectivity index (χ1n) is 6.13. The third kappa shape index (κ3) is 3.56. The second-order valence-electron chi connectivity index (χ2n) is 5.04. The number of carbonyl (C=O) groups excluding carboxylic acids is 1. The van der Waals surface area contributed by atoms with Crippen molar-refractivity contribution in [3.05, 3.63) is 33.8 Å². The quantitative estimate of drug-likeness (QED) is 0.902. The molecule has 0 radical (unpaired) electrons. The summed E-state index contributed by atoms with van der Waals surface area (Å²) in [6.07, 6.45) is 3.76. The molecule has 1 saturated carbocycles. The molecule has 0 aromatic heterocycles. The van der Waals surface area contributed by atoms with Crippen LogP contribution < -0.4 is 5.32 Å². The van der Waals surface area contributed by atoms with E-state index in [1.54, 1.807) is 0 Å². The Labute approximate surface area is 111 Å². The Hall–Kier alpha value is -0.830. The summed E-state index contributed by atoms with van der Waals surface area (Å²) in [6.45, 7) is 4.10.